The molecule has 2 heterocycles. The summed E-state index contributed by atoms with van der Waals surface area (Å²) in [5, 5.41) is 13.0. The Labute approximate surface area is 128 Å². The first-order chi connectivity index (χ1) is 9.99. The molecular formula is C14H21N3O3S. The largest absolute Gasteiger partial charge is 0.480 e. The predicted molar refractivity (Wildman–Crippen MR) is 81.4 cm³/mol. The molecule has 0 radical (unpaired) electrons. The van der Waals surface area contributed by atoms with Gasteiger partial charge in [-0.2, -0.15) is 11.3 Å². The van der Waals surface area contributed by atoms with E-state index in [2.05, 4.69) is 0 Å². The molecule has 1 atom stereocenters. The van der Waals surface area contributed by atoms with E-state index in [-0.39, 0.29) is 6.03 Å². The number of aliphatic carboxylic acids is 1. The zero-order valence-electron chi connectivity index (χ0n) is 12.4. The fraction of sp³-hybridized carbons (Fsp3) is 0.571. The van der Waals surface area contributed by atoms with Crippen LogP contribution in [-0.4, -0.2) is 71.1 Å². The van der Waals surface area contributed by atoms with E-state index in [0.717, 1.165) is 5.56 Å². The number of hydrogen-bond donors (Lipinski definition) is 1. The maximum Gasteiger partial charge on any atom is 0.320 e. The van der Waals surface area contributed by atoms with E-state index in [1.54, 1.807) is 35.1 Å². The van der Waals surface area contributed by atoms with Crippen molar-refractivity contribution >= 4 is 23.3 Å². The van der Waals surface area contributed by atoms with Crippen molar-refractivity contribution in [3.63, 3.8) is 0 Å². The van der Waals surface area contributed by atoms with Crippen LogP contribution in [0.3, 0.4) is 0 Å². The monoisotopic (exact) mass is 311 g/mol. The van der Waals surface area contributed by atoms with E-state index in [4.69, 9.17) is 5.11 Å². The molecule has 1 N–H and O–H groups in total. The highest BCUT2D eigenvalue weighted by atomic mass is 32.1. The molecular weight excluding hydrogens is 290 g/mol. The van der Waals surface area contributed by atoms with Crippen molar-refractivity contribution in [2.24, 2.45) is 0 Å². The van der Waals surface area contributed by atoms with E-state index in [1.807, 2.05) is 21.7 Å². The highest BCUT2D eigenvalue weighted by Crippen LogP contribution is 2.12. The average Bonchev–Trinajstić information content (AvgIpc) is 2.98. The minimum Gasteiger partial charge on any atom is -0.480 e. The highest BCUT2D eigenvalue weighted by Gasteiger charge is 2.28. The topological polar surface area (TPSA) is 64.1 Å². The Kier molecular flexibility index (Phi) is 5.19. The number of hydrogen-bond acceptors (Lipinski definition) is 4. The molecule has 0 aliphatic carbocycles. The summed E-state index contributed by atoms with van der Waals surface area (Å²) in [7, 11) is 1.80. The molecule has 2 amide bonds. The van der Waals surface area contributed by atoms with Gasteiger partial charge in [0.2, 0.25) is 0 Å². The zero-order valence-corrected chi connectivity index (χ0v) is 13.2. The second kappa shape index (κ2) is 6.91. The highest BCUT2D eigenvalue weighted by molar-refractivity contribution is 7.07. The normalized spacial score (nSPS) is 17.5. The first-order valence-corrected chi connectivity index (χ1v) is 7.91. The summed E-state index contributed by atoms with van der Waals surface area (Å²) in [6.45, 7) is 4.64. The summed E-state index contributed by atoms with van der Waals surface area (Å²) < 4.78 is 0. The summed E-state index contributed by atoms with van der Waals surface area (Å²) in [5.74, 6) is -0.815. The van der Waals surface area contributed by atoms with Crippen molar-refractivity contribution in [3.05, 3.63) is 22.4 Å². The van der Waals surface area contributed by atoms with Gasteiger partial charge in [-0.3, -0.25) is 9.69 Å². The molecule has 21 heavy (non-hydrogen) atoms. The molecule has 7 heteroatoms. The molecule has 2 rings (SSSR count). The van der Waals surface area contributed by atoms with Crippen molar-refractivity contribution in [1.29, 1.82) is 0 Å². The lowest BCUT2D eigenvalue weighted by Gasteiger charge is -2.38. The number of urea groups is 1. The molecule has 116 valence electrons. The fourth-order valence-electron chi connectivity index (χ4n) is 2.42. The number of carboxylic acid groups (broad SMARTS) is 1. The van der Waals surface area contributed by atoms with Crippen LogP contribution in [-0.2, 0) is 11.3 Å². The zero-order chi connectivity index (χ0) is 15.4. The standard InChI is InChI=1S/C14H21N3O3S/c1-11(13(18)19)16-4-6-17(7-5-16)14(20)15(2)9-12-3-8-21-10-12/h3,8,10-11H,4-7,9H2,1-2H3,(H,18,19). The van der Waals surface area contributed by atoms with Crippen LogP contribution < -0.4 is 0 Å². The molecule has 0 bridgehead atoms. The second-order valence-corrected chi connectivity index (χ2v) is 6.09. The molecule has 1 unspecified atom stereocenters. The number of thiophene rings is 1. The van der Waals surface area contributed by atoms with Gasteiger partial charge in [-0.1, -0.05) is 0 Å². The van der Waals surface area contributed by atoms with Gasteiger partial charge in [0.1, 0.15) is 6.04 Å². The Morgan fingerprint density at radius 2 is 2.05 bits per heavy atom. The van der Waals surface area contributed by atoms with Crippen LogP contribution in [0, 0.1) is 0 Å². The summed E-state index contributed by atoms with van der Waals surface area (Å²) >= 11 is 1.62. The quantitative estimate of drug-likeness (QED) is 0.913. The molecule has 1 aliphatic heterocycles. The lowest BCUT2D eigenvalue weighted by atomic mass is 10.2. The van der Waals surface area contributed by atoms with Crippen molar-refractivity contribution in [2.45, 2.75) is 19.5 Å². The van der Waals surface area contributed by atoms with Gasteiger partial charge in [0, 0.05) is 39.8 Å². The van der Waals surface area contributed by atoms with Gasteiger partial charge in [-0.25, -0.2) is 4.79 Å². The fourth-order valence-corrected chi connectivity index (χ4v) is 3.08. The molecule has 1 aromatic rings. The summed E-state index contributed by atoms with van der Waals surface area (Å²) in [4.78, 5) is 28.7. The second-order valence-electron chi connectivity index (χ2n) is 5.31. The van der Waals surface area contributed by atoms with Crippen LogP contribution in [0.2, 0.25) is 0 Å². The summed E-state index contributed by atoms with van der Waals surface area (Å²) in [6.07, 6.45) is 0. The van der Waals surface area contributed by atoms with E-state index >= 15 is 0 Å². The third kappa shape index (κ3) is 3.95. The Hall–Kier alpha value is -1.60. The van der Waals surface area contributed by atoms with Crippen molar-refractivity contribution < 1.29 is 14.7 Å². The molecule has 0 aromatic carbocycles. The van der Waals surface area contributed by atoms with Crippen molar-refractivity contribution in [3.8, 4) is 0 Å². The number of nitrogens with zero attached hydrogens (tertiary/aromatic N) is 3. The van der Waals surface area contributed by atoms with Gasteiger partial charge in [0.15, 0.2) is 0 Å². The number of carbonyl (C=O) groups excluding carboxylic acids is 1. The number of rotatable bonds is 4. The maximum absolute atomic E-state index is 12.4. The van der Waals surface area contributed by atoms with Crippen molar-refractivity contribution in [2.75, 3.05) is 33.2 Å². The van der Waals surface area contributed by atoms with Crippen LogP contribution in [0.15, 0.2) is 16.8 Å². The molecule has 1 aromatic heterocycles. The lowest BCUT2D eigenvalue weighted by molar-refractivity contribution is -0.143. The molecule has 1 saturated heterocycles. The minimum atomic E-state index is -0.815. The minimum absolute atomic E-state index is 0.00354. The third-order valence-corrected chi connectivity index (χ3v) is 4.55. The Bertz CT molecular complexity index is 484. The first kappa shape index (κ1) is 15.8. The number of amides is 2. The van der Waals surface area contributed by atoms with E-state index in [9.17, 15) is 9.59 Å². The number of carboxylic acids is 1. The van der Waals surface area contributed by atoms with Crippen molar-refractivity contribution in [1.82, 2.24) is 14.7 Å². The number of carbonyl (C=O) groups is 2. The SMILES string of the molecule is CC(C(=O)O)N1CCN(C(=O)N(C)Cc2ccsc2)CC1. The molecule has 6 nitrogen and oxygen atoms in total. The Morgan fingerprint density at radius 3 is 2.57 bits per heavy atom. The maximum atomic E-state index is 12.4. The van der Waals surface area contributed by atoms with Crippen LogP contribution in [0.4, 0.5) is 4.79 Å². The lowest BCUT2D eigenvalue weighted by Crippen LogP contribution is -2.55. The Morgan fingerprint density at radius 1 is 1.38 bits per heavy atom. The van der Waals surface area contributed by atoms with Gasteiger partial charge in [-0.15, -0.1) is 0 Å². The van der Waals surface area contributed by atoms with Gasteiger partial charge >= 0.3 is 12.0 Å². The van der Waals surface area contributed by atoms with Crippen LogP contribution in [0.25, 0.3) is 0 Å². The average molecular weight is 311 g/mol. The summed E-state index contributed by atoms with van der Waals surface area (Å²) in [5.41, 5.74) is 1.13. The van der Waals surface area contributed by atoms with E-state index in [1.165, 1.54) is 0 Å². The van der Waals surface area contributed by atoms with Crippen LogP contribution in [0.1, 0.15) is 12.5 Å². The van der Waals surface area contributed by atoms with E-state index in [0.29, 0.717) is 32.7 Å². The third-order valence-electron chi connectivity index (χ3n) is 3.82. The van der Waals surface area contributed by atoms with Gasteiger partial charge in [-0.05, 0) is 29.3 Å². The predicted octanol–water partition coefficient (Wildman–Crippen LogP) is 1.39. The number of piperazine rings is 1. The van der Waals surface area contributed by atoms with Gasteiger partial charge in [0.05, 0.1) is 0 Å². The van der Waals surface area contributed by atoms with Gasteiger partial charge < -0.3 is 14.9 Å². The molecule has 0 spiro atoms. The van der Waals surface area contributed by atoms with Gasteiger partial charge in [0.25, 0.3) is 0 Å². The van der Waals surface area contributed by atoms with Crippen LogP contribution in [0.5, 0.6) is 0 Å². The van der Waals surface area contributed by atoms with Crippen LogP contribution >= 0.6 is 11.3 Å². The Balaban J connectivity index is 1.84. The molecule has 0 saturated carbocycles. The summed E-state index contributed by atoms with van der Waals surface area (Å²) in [6, 6.07) is 1.52. The molecule has 1 aliphatic rings. The first-order valence-electron chi connectivity index (χ1n) is 6.97. The smallest absolute Gasteiger partial charge is 0.320 e. The molecule has 1 fully saturated rings. The van der Waals surface area contributed by atoms with E-state index < -0.39 is 12.0 Å².